The van der Waals surface area contributed by atoms with Gasteiger partial charge in [-0.05, 0) is 29.8 Å². The molecule has 0 bridgehead atoms. The predicted molar refractivity (Wildman–Crippen MR) is 92.8 cm³/mol. The van der Waals surface area contributed by atoms with Gasteiger partial charge in [0.05, 0.1) is 6.21 Å². The van der Waals surface area contributed by atoms with Gasteiger partial charge in [-0.15, -0.1) is 0 Å². The molecule has 3 aromatic rings. The molecule has 0 radical (unpaired) electrons. The lowest BCUT2D eigenvalue weighted by molar-refractivity contribution is 0.0951. The van der Waals surface area contributed by atoms with Crippen LogP contribution in [0.2, 0.25) is 0 Å². The summed E-state index contributed by atoms with van der Waals surface area (Å²) in [4.78, 5) is 24.1. The number of hydrazone groups is 1. The van der Waals surface area contributed by atoms with E-state index in [0.717, 1.165) is 5.56 Å². The molecule has 25 heavy (non-hydrogen) atoms. The lowest BCUT2D eigenvalue weighted by Crippen LogP contribution is -2.18. The van der Waals surface area contributed by atoms with Crippen LogP contribution in [0.5, 0.6) is 5.88 Å². The second kappa shape index (κ2) is 7.18. The molecule has 124 valence electrons. The number of aromatic nitrogens is 3. The predicted octanol–water partition coefficient (Wildman–Crippen LogP) is 1.59. The molecular weight excluding hydrogens is 320 g/mol. The maximum absolute atomic E-state index is 12.1. The van der Waals surface area contributed by atoms with Crippen molar-refractivity contribution >= 4 is 17.8 Å². The third kappa shape index (κ3) is 3.94. The van der Waals surface area contributed by atoms with Gasteiger partial charge in [0.2, 0.25) is 5.88 Å². The van der Waals surface area contributed by atoms with Gasteiger partial charge < -0.3 is 10.8 Å². The Labute approximate surface area is 143 Å². The van der Waals surface area contributed by atoms with Gasteiger partial charge in [0.1, 0.15) is 11.3 Å². The number of nitrogens with one attached hydrogen (secondary N) is 1. The number of nitrogens with zero attached hydrogens (tertiary/aromatic N) is 4. The molecule has 0 fully saturated rings. The molecule has 0 aliphatic rings. The van der Waals surface area contributed by atoms with Gasteiger partial charge in [-0.25, -0.2) is 10.4 Å². The van der Waals surface area contributed by atoms with Gasteiger partial charge in [0.15, 0.2) is 5.82 Å². The summed E-state index contributed by atoms with van der Waals surface area (Å²) in [5.74, 6) is -0.865. The lowest BCUT2D eigenvalue weighted by atomic mass is 10.2. The second-order valence-electron chi connectivity index (χ2n) is 5.02. The first kappa shape index (κ1) is 16.1. The molecule has 0 spiro atoms. The Bertz CT molecular complexity index is 927. The maximum Gasteiger partial charge on any atom is 0.278 e. The summed E-state index contributed by atoms with van der Waals surface area (Å²) < 4.78 is 0. The van der Waals surface area contributed by atoms with E-state index in [1.807, 2.05) is 0 Å². The van der Waals surface area contributed by atoms with E-state index in [-0.39, 0.29) is 11.4 Å². The molecule has 0 atom stereocenters. The number of rotatable bonds is 4. The number of amides is 1. The fraction of sp³-hybridized carbons (Fsp3) is 0. The third-order valence-electron chi connectivity index (χ3n) is 3.20. The Morgan fingerprint density at radius 2 is 2.08 bits per heavy atom. The molecule has 1 aromatic carbocycles. The van der Waals surface area contributed by atoms with Crippen molar-refractivity contribution in [3.8, 4) is 17.4 Å². The number of nitrogens with two attached hydrogens (primary N) is 1. The van der Waals surface area contributed by atoms with Crippen LogP contribution in [0.25, 0.3) is 11.5 Å². The van der Waals surface area contributed by atoms with E-state index in [1.165, 1.54) is 12.4 Å². The monoisotopic (exact) mass is 334 g/mol. The number of hydrogen-bond donors (Lipinski definition) is 3. The van der Waals surface area contributed by atoms with Crippen LogP contribution in [-0.4, -0.2) is 32.2 Å². The number of pyridine rings is 1. The number of hydrogen-bond acceptors (Lipinski definition) is 7. The maximum atomic E-state index is 12.1. The summed E-state index contributed by atoms with van der Waals surface area (Å²) in [5, 5.41) is 13.8. The molecule has 0 unspecified atom stereocenters. The van der Waals surface area contributed by atoms with Crippen molar-refractivity contribution in [2.75, 3.05) is 5.73 Å². The highest BCUT2D eigenvalue weighted by Gasteiger charge is 2.14. The van der Waals surface area contributed by atoms with Crippen LogP contribution in [0.3, 0.4) is 0 Å². The van der Waals surface area contributed by atoms with E-state index < -0.39 is 11.8 Å². The second-order valence-corrected chi connectivity index (χ2v) is 5.02. The Hall–Kier alpha value is -3.81. The summed E-state index contributed by atoms with van der Waals surface area (Å²) in [5.41, 5.74) is 9.67. The van der Waals surface area contributed by atoms with E-state index in [2.05, 4.69) is 25.5 Å². The van der Waals surface area contributed by atoms with Crippen LogP contribution in [0, 0.1) is 0 Å². The van der Waals surface area contributed by atoms with E-state index in [0.29, 0.717) is 11.4 Å². The van der Waals surface area contributed by atoms with Gasteiger partial charge in [0, 0.05) is 18.1 Å². The average Bonchev–Trinajstić information content (AvgIpc) is 2.62. The first-order valence-corrected chi connectivity index (χ1v) is 7.30. The highest BCUT2D eigenvalue weighted by atomic mass is 16.3. The molecule has 0 aliphatic heterocycles. The van der Waals surface area contributed by atoms with Crippen molar-refractivity contribution in [1.82, 2.24) is 20.4 Å². The van der Waals surface area contributed by atoms with E-state index in [4.69, 9.17) is 5.73 Å². The molecule has 8 nitrogen and oxygen atoms in total. The molecule has 2 aromatic heterocycles. The van der Waals surface area contributed by atoms with Crippen molar-refractivity contribution in [2.45, 2.75) is 0 Å². The van der Waals surface area contributed by atoms with E-state index >= 15 is 0 Å². The number of anilines is 1. The Kier molecular flexibility index (Phi) is 4.61. The molecule has 3 rings (SSSR count). The fourth-order valence-corrected chi connectivity index (χ4v) is 2.02. The molecule has 4 N–H and O–H groups in total. The molecule has 0 aliphatic carbocycles. The van der Waals surface area contributed by atoms with Crippen molar-refractivity contribution in [3.05, 3.63) is 66.0 Å². The number of benzene rings is 1. The first-order valence-electron chi connectivity index (χ1n) is 7.30. The van der Waals surface area contributed by atoms with Crippen LogP contribution in [-0.2, 0) is 0 Å². The van der Waals surface area contributed by atoms with Gasteiger partial charge in [-0.3, -0.25) is 9.78 Å². The zero-order valence-electron chi connectivity index (χ0n) is 13.0. The topological polar surface area (TPSA) is 126 Å². The normalized spacial score (nSPS) is 10.7. The molecule has 2 heterocycles. The van der Waals surface area contributed by atoms with Gasteiger partial charge >= 0.3 is 0 Å². The smallest absolute Gasteiger partial charge is 0.278 e. The molecule has 8 heteroatoms. The number of carbonyl (C=O) groups excluding carboxylic acids is 1. The Morgan fingerprint density at radius 3 is 2.80 bits per heavy atom. The minimum Gasteiger partial charge on any atom is -0.493 e. The summed E-state index contributed by atoms with van der Waals surface area (Å²) in [7, 11) is 0. The highest BCUT2D eigenvalue weighted by Crippen LogP contribution is 2.18. The van der Waals surface area contributed by atoms with Crippen LogP contribution < -0.4 is 11.2 Å². The number of carbonyl (C=O) groups is 1. The quantitative estimate of drug-likeness (QED) is 0.378. The van der Waals surface area contributed by atoms with Crippen LogP contribution >= 0.6 is 0 Å². The summed E-state index contributed by atoms with van der Waals surface area (Å²) >= 11 is 0. The lowest BCUT2D eigenvalue weighted by Gasteiger charge is -2.04. The highest BCUT2D eigenvalue weighted by molar-refractivity contribution is 5.96. The van der Waals surface area contributed by atoms with Crippen molar-refractivity contribution in [1.29, 1.82) is 0 Å². The van der Waals surface area contributed by atoms with Gasteiger partial charge in [0.25, 0.3) is 5.91 Å². The van der Waals surface area contributed by atoms with Crippen LogP contribution in [0.1, 0.15) is 15.9 Å². The minimum atomic E-state index is -0.634. The number of aromatic hydroxyl groups is 1. The molecular formula is C17H14N6O2. The molecule has 0 saturated heterocycles. The van der Waals surface area contributed by atoms with Crippen LogP contribution in [0.4, 0.5) is 5.69 Å². The molecule has 0 saturated carbocycles. The van der Waals surface area contributed by atoms with Crippen molar-refractivity contribution in [3.63, 3.8) is 0 Å². The third-order valence-corrected chi connectivity index (χ3v) is 3.20. The van der Waals surface area contributed by atoms with Crippen molar-refractivity contribution < 1.29 is 9.90 Å². The summed E-state index contributed by atoms with van der Waals surface area (Å²) in [6.07, 6.45) is 4.24. The summed E-state index contributed by atoms with van der Waals surface area (Å²) in [6, 6.07) is 12.2. The van der Waals surface area contributed by atoms with Crippen LogP contribution in [0.15, 0.2) is 60.0 Å². The molecule has 1 amide bonds. The van der Waals surface area contributed by atoms with Crippen molar-refractivity contribution in [2.24, 2.45) is 5.10 Å². The Balaban J connectivity index is 1.72. The zero-order chi connectivity index (χ0) is 17.6. The fourth-order valence-electron chi connectivity index (χ4n) is 2.02. The minimum absolute atomic E-state index is 0.0931. The van der Waals surface area contributed by atoms with E-state index in [1.54, 1.807) is 48.7 Å². The zero-order valence-corrected chi connectivity index (χ0v) is 13.0. The average molecular weight is 334 g/mol. The SMILES string of the molecule is Nc1cccc(C=NNC(=O)c2cnc(-c3ccccn3)nc2O)c1. The van der Waals surface area contributed by atoms with E-state index in [9.17, 15) is 9.90 Å². The van der Waals surface area contributed by atoms with Gasteiger partial charge in [-0.1, -0.05) is 18.2 Å². The Morgan fingerprint density at radius 1 is 1.20 bits per heavy atom. The summed E-state index contributed by atoms with van der Waals surface area (Å²) in [6.45, 7) is 0. The number of nitrogen functional groups attached to an aromatic ring is 1. The first-order chi connectivity index (χ1) is 12.1. The van der Waals surface area contributed by atoms with Gasteiger partial charge in [-0.2, -0.15) is 10.1 Å². The largest absolute Gasteiger partial charge is 0.493 e. The standard InChI is InChI=1S/C17H14N6O2/c18-12-5-3-4-11(8-12)9-21-23-17(25)13-10-20-15(22-16(13)24)14-6-1-2-7-19-14/h1-10H,18H2,(H,23,25)(H,20,22,24).